The Labute approximate surface area is 207 Å². The summed E-state index contributed by atoms with van der Waals surface area (Å²) in [5.41, 5.74) is 4.47. The number of sulfonamides is 1. The van der Waals surface area contributed by atoms with E-state index >= 15 is 0 Å². The number of anilines is 2. The van der Waals surface area contributed by atoms with Crippen LogP contribution in [-0.4, -0.2) is 24.7 Å². The number of aryl methyl sites for hydroxylation is 2. The van der Waals surface area contributed by atoms with Gasteiger partial charge in [-0.1, -0.05) is 33.6 Å². The van der Waals surface area contributed by atoms with E-state index in [1.54, 1.807) is 31.2 Å². The molecule has 0 heterocycles. The van der Waals surface area contributed by atoms with Crippen molar-refractivity contribution in [2.24, 2.45) is 5.10 Å². The van der Waals surface area contributed by atoms with Gasteiger partial charge >= 0.3 is 0 Å². The molecule has 0 fully saturated rings. The Morgan fingerprint density at radius 3 is 2.42 bits per heavy atom. The zero-order valence-electron chi connectivity index (χ0n) is 17.3. The van der Waals surface area contributed by atoms with Crippen molar-refractivity contribution in [2.75, 3.05) is 10.1 Å². The van der Waals surface area contributed by atoms with Gasteiger partial charge in [-0.15, -0.1) is 0 Å². The van der Waals surface area contributed by atoms with E-state index in [-0.39, 0.29) is 16.3 Å². The minimum Gasteiger partial charge on any atom is -0.506 e. The number of nitrogens with one attached hydrogen (secondary N) is 2. The van der Waals surface area contributed by atoms with Crippen LogP contribution in [0.3, 0.4) is 0 Å². The van der Waals surface area contributed by atoms with E-state index in [4.69, 9.17) is 0 Å². The maximum Gasteiger partial charge on any atom is 0.295 e. The van der Waals surface area contributed by atoms with Crippen LogP contribution < -0.4 is 10.1 Å². The minimum absolute atomic E-state index is 0.0183. The first kappa shape index (κ1) is 24.7. The Morgan fingerprint density at radius 2 is 1.76 bits per heavy atom. The summed E-state index contributed by atoms with van der Waals surface area (Å²) < 4.78 is 29.2. The number of benzene rings is 3. The number of phenols is 1. The van der Waals surface area contributed by atoms with Gasteiger partial charge in [-0.3, -0.25) is 20.3 Å². The fraction of sp³-hybridized carbons (Fsp3) is 0.0952. The van der Waals surface area contributed by atoms with E-state index in [0.29, 0.717) is 20.2 Å². The summed E-state index contributed by atoms with van der Waals surface area (Å²) in [5.74, 6) is -0.0582. The first-order valence-corrected chi connectivity index (χ1v) is 12.4. The quantitative estimate of drug-likeness (QED) is 0.182. The number of rotatable bonds is 7. The van der Waals surface area contributed by atoms with E-state index < -0.39 is 20.6 Å². The summed E-state index contributed by atoms with van der Waals surface area (Å²) in [4.78, 5) is 10.6. The number of hydrazone groups is 1. The molecule has 3 aromatic rings. The van der Waals surface area contributed by atoms with Crippen LogP contribution in [0.5, 0.6) is 5.75 Å². The first-order valence-electron chi connectivity index (χ1n) is 9.33. The van der Waals surface area contributed by atoms with E-state index in [1.807, 2.05) is 13.0 Å². The molecule has 0 atom stereocenters. The third kappa shape index (κ3) is 5.89. The van der Waals surface area contributed by atoms with E-state index in [2.05, 4.69) is 47.1 Å². The fourth-order valence-corrected chi connectivity index (χ4v) is 5.32. The summed E-state index contributed by atoms with van der Waals surface area (Å²) in [5, 5.41) is 25.6. The number of hydrogen-bond donors (Lipinski definition) is 3. The molecule has 12 heteroatoms. The van der Waals surface area contributed by atoms with Crippen molar-refractivity contribution in [2.45, 2.75) is 18.7 Å². The predicted octanol–water partition coefficient (Wildman–Crippen LogP) is 5.69. The normalized spacial score (nSPS) is 11.5. The van der Waals surface area contributed by atoms with Crippen LogP contribution in [0.15, 0.2) is 67.5 Å². The molecule has 0 amide bonds. The van der Waals surface area contributed by atoms with Crippen LogP contribution in [0.25, 0.3) is 0 Å². The van der Waals surface area contributed by atoms with Crippen molar-refractivity contribution in [3.63, 3.8) is 0 Å². The Hall–Kier alpha value is -2.96. The number of nitro groups is 1. The molecule has 0 aromatic heterocycles. The molecule has 0 radical (unpaired) electrons. The lowest BCUT2D eigenvalue weighted by atomic mass is 10.1. The Balaban J connectivity index is 1.88. The van der Waals surface area contributed by atoms with Gasteiger partial charge in [0.1, 0.15) is 11.4 Å². The smallest absolute Gasteiger partial charge is 0.295 e. The molecular formula is C21H18Br2N4O5S. The van der Waals surface area contributed by atoms with Crippen LogP contribution in [0.4, 0.5) is 17.1 Å². The molecule has 0 bridgehead atoms. The molecule has 0 aliphatic heterocycles. The molecule has 3 aromatic carbocycles. The van der Waals surface area contributed by atoms with Gasteiger partial charge in [0.15, 0.2) is 0 Å². The predicted molar refractivity (Wildman–Crippen MR) is 135 cm³/mol. The Bertz CT molecular complexity index is 1380. The van der Waals surface area contributed by atoms with Crippen molar-refractivity contribution < 1.29 is 18.4 Å². The van der Waals surface area contributed by atoms with Gasteiger partial charge < -0.3 is 5.11 Å². The van der Waals surface area contributed by atoms with E-state index in [9.17, 15) is 23.6 Å². The molecule has 3 N–H and O–H groups in total. The lowest BCUT2D eigenvalue weighted by Crippen LogP contribution is -2.14. The standard InChI is InChI=1S/C21H18Br2N4O5S/c1-12-3-5-18(13(2)7-12)26-33(31,32)16-4-6-19(20(10-16)27(29)30)25-24-11-14-8-15(22)9-17(23)21(14)28/h3-11,25-26,28H,1-2H3/b24-11+. The minimum atomic E-state index is -4.06. The summed E-state index contributed by atoms with van der Waals surface area (Å²) >= 11 is 6.51. The van der Waals surface area contributed by atoms with Crippen LogP contribution in [-0.2, 0) is 10.0 Å². The highest BCUT2D eigenvalue weighted by Gasteiger charge is 2.22. The second-order valence-electron chi connectivity index (χ2n) is 7.06. The second-order valence-corrected chi connectivity index (χ2v) is 10.5. The van der Waals surface area contributed by atoms with Gasteiger partial charge in [0.2, 0.25) is 0 Å². The molecule has 0 spiro atoms. The lowest BCUT2D eigenvalue weighted by molar-refractivity contribution is -0.384. The third-order valence-electron chi connectivity index (χ3n) is 4.55. The highest BCUT2D eigenvalue weighted by molar-refractivity contribution is 9.11. The topological polar surface area (TPSA) is 134 Å². The molecule has 0 unspecified atom stereocenters. The monoisotopic (exact) mass is 596 g/mol. The fourth-order valence-electron chi connectivity index (χ4n) is 2.91. The summed E-state index contributed by atoms with van der Waals surface area (Å²) in [6, 6.07) is 11.9. The van der Waals surface area contributed by atoms with Crippen molar-refractivity contribution in [3.8, 4) is 5.75 Å². The number of aromatic hydroxyl groups is 1. The molecular weight excluding hydrogens is 580 g/mol. The first-order chi connectivity index (χ1) is 15.5. The summed E-state index contributed by atoms with van der Waals surface area (Å²) in [7, 11) is -4.06. The number of halogens is 2. The maximum atomic E-state index is 12.8. The van der Waals surface area contributed by atoms with Crippen molar-refractivity contribution in [3.05, 3.63) is 84.3 Å². The highest BCUT2D eigenvalue weighted by Crippen LogP contribution is 2.32. The zero-order chi connectivity index (χ0) is 24.3. The maximum absolute atomic E-state index is 12.8. The molecule has 0 aliphatic carbocycles. The summed E-state index contributed by atoms with van der Waals surface area (Å²) in [6.45, 7) is 3.65. The van der Waals surface area contributed by atoms with Crippen LogP contribution in [0.1, 0.15) is 16.7 Å². The second kappa shape index (κ2) is 9.89. The Morgan fingerprint density at radius 1 is 1.06 bits per heavy atom. The number of phenolic OH excluding ortho intramolecular Hbond substituents is 1. The molecule has 0 saturated carbocycles. The number of nitrogens with zero attached hydrogens (tertiary/aromatic N) is 2. The SMILES string of the molecule is Cc1ccc(NS(=O)(=O)c2ccc(N/N=C/c3cc(Br)cc(Br)c3O)c([N+](=O)[O-])c2)c(C)c1. The number of nitro benzene ring substituents is 1. The molecule has 33 heavy (non-hydrogen) atoms. The van der Waals surface area contributed by atoms with E-state index in [1.165, 1.54) is 18.3 Å². The molecule has 172 valence electrons. The largest absolute Gasteiger partial charge is 0.506 e. The lowest BCUT2D eigenvalue weighted by Gasteiger charge is -2.12. The van der Waals surface area contributed by atoms with E-state index in [0.717, 1.165) is 17.2 Å². The zero-order valence-corrected chi connectivity index (χ0v) is 21.3. The number of hydrogen-bond acceptors (Lipinski definition) is 7. The summed E-state index contributed by atoms with van der Waals surface area (Å²) in [6.07, 6.45) is 1.28. The van der Waals surface area contributed by atoms with Crippen LogP contribution >= 0.6 is 31.9 Å². The molecule has 0 aliphatic rings. The van der Waals surface area contributed by atoms with Gasteiger partial charge in [0.25, 0.3) is 15.7 Å². The van der Waals surface area contributed by atoms with Gasteiger partial charge in [0.05, 0.1) is 26.2 Å². The average Bonchev–Trinajstić information content (AvgIpc) is 2.73. The molecule has 3 rings (SSSR count). The van der Waals surface area contributed by atoms with Crippen LogP contribution in [0, 0.1) is 24.0 Å². The van der Waals surface area contributed by atoms with Gasteiger partial charge in [-0.2, -0.15) is 5.10 Å². The van der Waals surface area contributed by atoms with Gasteiger partial charge in [0, 0.05) is 16.1 Å². The highest BCUT2D eigenvalue weighted by atomic mass is 79.9. The average molecular weight is 598 g/mol. The Kier molecular flexibility index (Phi) is 7.40. The van der Waals surface area contributed by atoms with Crippen molar-refractivity contribution >= 4 is 65.2 Å². The van der Waals surface area contributed by atoms with Crippen LogP contribution in [0.2, 0.25) is 0 Å². The van der Waals surface area contributed by atoms with Gasteiger partial charge in [-0.25, -0.2) is 8.42 Å². The van der Waals surface area contributed by atoms with Gasteiger partial charge in [-0.05, 0) is 65.7 Å². The van der Waals surface area contributed by atoms with Crippen molar-refractivity contribution in [1.82, 2.24) is 0 Å². The van der Waals surface area contributed by atoms with Crippen molar-refractivity contribution in [1.29, 1.82) is 0 Å². The molecule has 9 nitrogen and oxygen atoms in total. The molecule has 0 saturated heterocycles. The third-order valence-corrected chi connectivity index (χ3v) is 6.97.